The van der Waals surface area contributed by atoms with Crippen molar-refractivity contribution >= 4 is 18.0 Å². The van der Waals surface area contributed by atoms with Crippen molar-refractivity contribution in [3.05, 3.63) is 59.7 Å². The Bertz CT molecular complexity index is 1090. The van der Waals surface area contributed by atoms with Crippen LogP contribution in [0.25, 0.3) is 11.1 Å². The molecule has 7 heteroatoms. The van der Waals surface area contributed by atoms with E-state index in [1.807, 2.05) is 24.3 Å². The number of rotatable bonds is 7. The average molecular weight is 463 g/mol. The molecule has 3 aliphatic carbocycles. The highest BCUT2D eigenvalue weighted by Crippen LogP contribution is 2.45. The third-order valence-corrected chi connectivity index (χ3v) is 7.87. The summed E-state index contributed by atoms with van der Waals surface area (Å²) in [5.41, 5.74) is 3.78. The first-order valence-electron chi connectivity index (χ1n) is 12.0. The van der Waals surface area contributed by atoms with Crippen molar-refractivity contribution in [3.8, 4) is 11.1 Å². The van der Waals surface area contributed by atoms with E-state index in [0.717, 1.165) is 17.5 Å². The number of fused-ring (bicyclic) bond motifs is 3. The van der Waals surface area contributed by atoms with Gasteiger partial charge in [0.05, 0.1) is 5.41 Å². The van der Waals surface area contributed by atoms with Crippen LogP contribution in [-0.2, 0) is 14.3 Å². The number of carboxylic acids is 1. The molecule has 0 saturated heterocycles. The van der Waals surface area contributed by atoms with Crippen molar-refractivity contribution in [1.82, 2.24) is 10.6 Å². The molecule has 4 atom stereocenters. The summed E-state index contributed by atoms with van der Waals surface area (Å²) >= 11 is 0. The maximum Gasteiger partial charge on any atom is 0.407 e. The zero-order valence-electron chi connectivity index (χ0n) is 19.3. The molecular weight excluding hydrogens is 432 g/mol. The van der Waals surface area contributed by atoms with Crippen LogP contribution in [0, 0.1) is 17.3 Å². The number of aliphatic carboxylic acids is 1. The molecule has 3 aliphatic rings. The summed E-state index contributed by atoms with van der Waals surface area (Å²) in [5, 5.41) is 15.3. The maximum atomic E-state index is 12.6. The van der Waals surface area contributed by atoms with Crippen molar-refractivity contribution < 1.29 is 24.2 Å². The molecule has 0 aliphatic heterocycles. The van der Waals surface area contributed by atoms with Crippen molar-refractivity contribution in [2.24, 2.45) is 17.3 Å². The number of amides is 2. The van der Waals surface area contributed by atoms with E-state index in [1.165, 1.54) is 11.1 Å². The number of ether oxygens (including phenoxy) is 1. The molecule has 7 nitrogen and oxygen atoms in total. The monoisotopic (exact) mass is 462 g/mol. The number of benzene rings is 2. The Balaban J connectivity index is 1.10. The van der Waals surface area contributed by atoms with Crippen molar-refractivity contribution in [2.45, 2.75) is 44.6 Å². The van der Waals surface area contributed by atoms with Crippen LogP contribution in [0.3, 0.4) is 0 Å². The molecule has 2 aromatic carbocycles. The Morgan fingerprint density at radius 3 is 2.35 bits per heavy atom. The van der Waals surface area contributed by atoms with E-state index >= 15 is 0 Å². The number of carbonyl (C=O) groups excluding carboxylic acids is 2. The summed E-state index contributed by atoms with van der Waals surface area (Å²) in [7, 11) is 0. The minimum atomic E-state index is -0.903. The van der Waals surface area contributed by atoms with Gasteiger partial charge in [-0.25, -0.2) is 4.79 Å². The second kappa shape index (κ2) is 8.78. The number of alkyl carbamates (subject to hydrolysis) is 1. The van der Waals surface area contributed by atoms with E-state index in [1.54, 1.807) is 6.92 Å². The van der Waals surface area contributed by atoms with Crippen LogP contribution in [-0.4, -0.2) is 42.3 Å². The molecular formula is C27H30N2O5. The van der Waals surface area contributed by atoms with E-state index in [0.29, 0.717) is 25.8 Å². The Labute approximate surface area is 198 Å². The quantitative estimate of drug-likeness (QED) is 0.579. The van der Waals surface area contributed by atoms with Crippen LogP contribution in [0.5, 0.6) is 0 Å². The van der Waals surface area contributed by atoms with Crippen LogP contribution in [0.1, 0.15) is 49.7 Å². The summed E-state index contributed by atoms with van der Waals surface area (Å²) in [6.45, 7) is 2.33. The minimum absolute atomic E-state index is 0.00700. The number of hydrogen-bond donors (Lipinski definition) is 3. The average Bonchev–Trinajstić information content (AvgIpc) is 3.43. The summed E-state index contributed by atoms with van der Waals surface area (Å²) in [6.07, 6.45) is 2.26. The predicted molar refractivity (Wildman–Crippen MR) is 126 cm³/mol. The maximum absolute atomic E-state index is 12.6. The third-order valence-electron chi connectivity index (χ3n) is 7.87. The van der Waals surface area contributed by atoms with E-state index in [9.17, 15) is 19.5 Å². The zero-order valence-corrected chi connectivity index (χ0v) is 19.3. The van der Waals surface area contributed by atoms with Gasteiger partial charge in [-0.3, -0.25) is 9.59 Å². The van der Waals surface area contributed by atoms with Gasteiger partial charge in [0.1, 0.15) is 6.61 Å². The molecule has 2 amide bonds. The molecule has 34 heavy (non-hydrogen) atoms. The van der Waals surface area contributed by atoms with Crippen molar-refractivity contribution in [2.75, 3.05) is 13.2 Å². The summed E-state index contributed by atoms with van der Waals surface area (Å²) < 4.78 is 5.56. The topological polar surface area (TPSA) is 105 Å². The molecule has 0 spiro atoms. The lowest BCUT2D eigenvalue weighted by atomic mass is 9.85. The number of hydrogen-bond acceptors (Lipinski definition) is 4. The van der Waals surface area contributed by atoms with Gasteiger partial charge in [0, 0.05) is 24.4 Å². The Kier molecular flexibility index (Phi) is 5.80. The Hall–Kier alpha value is -3.35. The summed E-state index contributed by atoms with van der Waals surface area (Å²) in [5.74, 6) is -1.10. The van der Waals surface area contributed by atoms with Gasteiger partial charge in [0.2, 0.25) is 5.91 Å². The molecule has 3 N–H and O–H groups in total. The normalized spacial score (nSPS) is 26.9. The van der Waals surface area contributed by atoms with Crippen LogP contribution < -0.4 is 10.6 Å². The Morgan fingerprint density at radius 1 is 1.06 bits per heavy atom. The van der Waals surface area contributed by atoms with Gasteiger partial charge in [-0.1, -0.05) is 55.0 Å². The van der Waals surface area contributed by atoms with E-state index in [4.69, 9.17) is 4.74 Å². The predicted octanol–water partition coefficient (Wildman–Crippen LogP) is 3.92. The standard InChI is InChI=1S/C27H30N2O5/c1-27(25(31)32)12-6-11-23(27)29-24(30)21-13-16(21)14-28-26(33)34-15-22-19-9-4-2-7-17(19)18-8-3-5-10-20(18)22/h2-5,7-10,16,21-23H,6,11-15H2,1H3,(H,28,33)(H,29,30)(H,31,32)/t16-,21-,23?,27?/m0/s1. The molecule has 0 aromatic heterocycles. The fourth-order valence-electron chi connectivity index (χ4n) is 5.59. The lowest BCUT2D eigenvalue weighted by molar-refractivity contribution is -0.149. The molecule has 0 heterocycles. The summed E-state index contributed by atoms with van der Waals surface area (Å²) in [6, 6.07) is 16.0. The SMILES string of the molecule is CC1(C(=O)O)CCCC1NC(=O)[C@H]1C[C@H]1CNC(=O)OCC1c2ccccc2-c2ccccc21. The smallest absolute Gasteiger partial charge is 0.407 e. The first kappa shape index (κ1) is 22.4. The fraction of sp³-hybridized carbons (Fsp3) is 0.444. The van der Waals surface area contributed by atoms with E-state index in [2.05, 4.69) is 34.9 Å². The molecule has 178 valence electrons. The van der Waals surface area contributed by atoms with Gasteiger partial charge in [-0.2, -0.15) is 0 Å². The minimum Gasteiger partial charge on any atom is -0.481 e. The lowest BCUT2D eigenvalue weighted by Gasteiger charge is -2.27. The highest BCUT2D eigenvalue weighted by molar-refractivity contribution is 5.84. The fourth-order valence-corrected chi connectivity index (χ4v) is 5.59. The van der Waals surface area contributed by atoms with Gasteiger partial charge in [0.15, 0.2) is 0 Å². The van der Waals surface area contributed by atoms with Crippen molar-refractivity contribution in [3.63, 3.8) is 0 Å². The number of carboxylic acid groups (broad SMARTS) is 1. The van der Waals surface area contributed by atoms with E-state index in [-0.39, 0.29) is 36.3 Å². The zero-order chi connectivity index (χ0) is 23.9. The molecule has 2 fully saturated rings. The van der Waals surface area contributed by atoms with Crippen LogP contribution in [0.4, 0.5) is 4.79 Å². The lowest BCUT2D eigenvalue weighted by Crippen LogP contribution is -2.47. The molecule has 2 aromatic rings. The first-order valence-corrected chi connectivity index (χ1v) is 12.0. The van der Waals surface area contributed by atoms with Gasteiger partial charge >= 0.3 is 12.1 Å². The highest BCUT2D eigenvalue weighted by Gasteiger charge is 2.49. The van der Waals surface area contributed by atoms with Crippen LogP contribution in [0.15, 0.2) is 48.5 Å². The van der Waals surface area contributed by atoms with Gasteiger partial charge in [0.25, 0.3) is 0 Å². The van der Waals surface area contributed by atoms with Crippen LogP contribution in [0.2, 0.25) is 0 Å². The summed E-state index contributed by atoms with van der Waals surface area (Å²) in [4.78, 5) is 36.6. The number of nitrogens with one attached hydrogen (secondary N) is 2. The van der Waals surface area contributed by atoms with Gasteiger partial charge in [-0.15, -0.1) is 0 Å². The molecule has 0 radical (unpaired) electrons. The largest absolute Gasteiger partial charge is 0.481 e. The molecule has 0 bridgehead atoms. The van der Waals surface area contributed by atoms with Gasteiger partial charge < -0.3 is 20.5 Å². The molecule has 5 rings (SSSR count). The van der Waals surface area contributed by atoms with Crippen LogP contribution >= 0.6 is 0 Å². The van der Waals surface area contributed by atoms with E-state index < -0.39 is 17.5 Å². The second-order valence-electron chi connectivity index (χ2n) is 9.98. The third kappa shape index (κ3) is 4.04. The van der Waals surface area contributed by atoms with Gasteiger partial charge in [-0.05, 0) is 54.4 Å². The molecule has 2 saturated carbocycles. The number of carbonyl (C=O) groups is 3. The first-order chi connectivity index (χ1) is 16.4. The Morgan fingerprint density at radius 2 is 1.71 bits per heavy atom. The molecule has 2 unspecified atom stereocenters. The second-order valence-corrected chi connectivity index (χ2v) is 9.98. The highest BCUT2D eigenvalue weighted by atomic mass is 16.5. The van der Waals surface area contributed by atoms with Crippen molar-refractivity contribution in [1.29, 1.82) is 0 Å².